The highest BCUT2D eigenvalue weighted by molar-refractivity contribution is 5.76. The van der Waals surface area contributed by atoms with Gasteiger partial charge in [0.05, 0.1) is 38.6 Å². The molecule has 0 saturated carbocycles. The summed E-state index contributed by atoms with van der Waals surface area (Å²) in [4.78, 5) is 13.4. The number of nitrogens with one attached hydrogen (secondary N) is 1. The molecule has 17 unspecified atom stereocenters. The molecular formula is C75H143NO18. The second kappa shape index (κ2) is 57.2. The van der Waals surface area contributed by atoms with Crippen LogP contribution in [-0.4, -0.2) is 193 Å². The maximum absolute atomic E-state index is 13.4. The molecule has 12 N–H and O–H groups in total. The fourth-order valence-corrected chi connectivity index (χ4v) is 13.5. The van der Waals surface area contributed by atoms with Crippen molar-refractivity contribution in [1.82, 2.24) is 5.32 Å². The highest BCUT2D eigenvalue weighted by Gasteiger charge is 2.54. The molecule has 19 nitrogen and oxygen atoms in total. The van der Waals surface area contributed by atoms with E-state index in [0.717, 1.165) is 44.9 Å². The van der Waals surface area contributed by atoms with E-state index in [4.69, 9.17) is 28.4 Å². The Morgan fingerprint density at radius 1 is 0.372 bits per heavy atom. The summed E-state index contributed by atoms with van der Waals surface area (Å²) in [5.41, 5.74) is 0. The van der Waals surface area contributed by atoms with Gasteiger partial charge in [-0.3, -0.25) is 4.79 Å². The van der Waals surface area contributed by atoms with Crippen LogP contribution in [0.4, 0.5) is 0 Å². The van der Waals surface area contributed by atoms with E-state index in [1.165, 1.54) is 250 Å². The number of aliphatic hydroxyl groups is 11. The number of unbranched alkanes of at least 4 members (excludes halogenated alkanes) is 44. The number of hydrogen-bond acceptors (Lipinski definition) is 18. The Morgan fingerprint density at radius 2 is 0.670 bits per heavy atom. The summed E-state index contributed by atoms with van der Waals surface area (Å²) in [5, 5.41) is 121. The maximum Gasteiger partial charge on any atom is 0.220 e. The van der Waals surface area contributed by atoms with Gasteiger partial charge in [-0.25, -0.2) is 0 Å². The largest absolute Gasteiger partial charge is 0.394 e. The van der Waals surface area contributed by atoms with Crippen LogP contribution in [0.25, 0.3) is 0 Å². The van der Waals surface area contributed by atoms with Crippen LogP contribution in [0.2, 0.25) is 0 Å². The minimum absolute atomic E-state index is 0.236. The van der Waals surface area contributed by atoms with E-state index in [1.54, 1.807) is 0 Å². The average Bonchev–Trinajstić information content (AvgIpc) is 0.792. The molecule has 0 aliphatic carbocycles. The van der Waals surface area contributed by atoms with Crippen LogP contribution >= 0.6 is 0 Å². The fourth-order valence-electron chi connectivity index (χ4n) is 13.5. The summed E-state index contributed by atoms with van der Waals surface area (Å²) in [6, 6.07) is -0.883. The highest BCUT2D eigenvalue weighted by atomic mass is 16.8. The van der Waals surface area contributed by atoms with Crippen molar-refractivity contribution in [3.63, 3.8) is 0 Å². The number of carbonyl (C=O) groups is 1. The number of hydrogen-bond donors (Lipinski definition) is 12. The molecule has 1 amide bonds. The van der Waals surface area contributed by atoms with Crippen molar-refractivity contribution in [3.05, 3.63) is 12.2 Å². The zero-order chi connectivity index (χ0) is 68.2. The van der Waals surface area contributed by atoms with Crippen LogP contribution in [0.3, 0.4) is 0 Å². The number of ether oxygens (including phenoxy) is 6. The number of carbonyl (C=O) groups excluding carboxylic acids is 1. The summed E-state index contributed by atoms with van der Waals surface area (Å²) < 4.78 is 34.4. The molecule has 3 saturated heterocycles. The monoisotopic (exact) mass is 1350 g/mol. The maximum atomic E-state index is 13.4. The predicted molar refractivity (Wildman–Crippen MR) is 370 cm³/mol. The van der Waals surface area contributed by atoms with Crippen LogP contribution in [0.1, 0.15) is 328 Å². The SMILES string of the molecule is CCCCCCCCCC/C=C\CCCCCCCCCCCCCCCCCCCCCCCCCC(=O)NC(COC1OC(CO)C(OC2OC(CO)C(OC3OC(CO)C(O)C(O)C3O)C(O)C2O)C(O)C1O)C(O)CCCCCCCCCCCCCCCC. The van der Waals surface area contributed by atoms with Crippen LogP contribution in [0, 0.1) is 0 Å². The van der Waals surface area contributed by atoms with Crippen molar-refractivity contribution in [2.75, 3.05) is 26.4 Å². The Kier molecular flexibility index (Phi) is 52.8. The summed E-state index contributed by atoms with van der Waals surface area (Å²) in [6.07, 6.45) is 39.0. The molecule has 3 aliphatic rings. The van der Waals surface area contributed by atoms with Gasteiger partial charge in [0, 0.05) is 6.42 Å². The van der Waals surface area contributed by atoms with Crippen molar-refractivity contribution in [1.29, 1.82) is 0 Å². The lowest BCUT2D eigenvalue weighted by molar-refractivity contribution is -0.379. The summed E-state index contributed by atoms with van der Waals surface area (Å²) in [7, 11) is 0. The lowest BCUT2D eigenvalue weighted by atomic mass is 9.96. The first kappa shape index (κ1) is 86.8. The quantitative estimate of drug-likeness (QED) is 0.0199. The normalized spacial score (nSPS) is 27.4. The van der Waals surface area contributed by atoms with E-state index in [9.17, 15) is 61.0 Å². The second-order valence-electron chi connectivity index (χ2n) is 28.2. The van der Waals surface area contributed by atoms with E-state index >= 15 is 0 Å². The highest BCUT2D eigenvalue weighted by Crippen LogP contribution is 2.33. The van der Waals surface area contributed by atoms with Gasteiger partial charge in [0.15, 0.2) is 18.9 Å². The topological polar surface area (TPSA) is 307 Å². The van der Waals surface area contributed by atoms with Crippen LogP contribution in [0.5, 0.6) is 0 Å². The minimum Gasteiger partial charge on any atom is -0.394 e. The van der Waals surface area contributed by atoms with Crippen LogP contribution in [0.15, 0.2) is 12.2 Å². The van der Waals surface area contributed by atoms with Crippen molar-refractivity contribution in [2.24, 2.45) is 0 Å². The molecule has 0 spiro atoms. The van der Waals surface area contributed by atoms with Crippen LogP contribution in [-0.2, 0) is 33.2 Å². The van der Waals surface area contributed by atoms with Gasteiger partial charge in [-0.1, -0.05) is 296 Å². The van der Waals surface area contributed by atoms with Crippen molar-refractivity contribution < 1.29 is 89.4 Å². The molecular weight excluding hydrogens is 1200 g/mol. The third kappa shape index (κ3) is 37.8. The summed E-state index contributed by atoms with van der Waals surface area (Å²) in [6.45, 7) is 1.84. The summed E-state index contributed by atoms with van der Waals surface area (Å²) >= 11 is 0. The first-order valence-electron chi connectivity index (χ1n) is 38.9. The smallest absolute Gasteiger partial charge is 0.220 e. The molecule has 3 rings (SSSR count). The van der Waals surface area contributed by atoms with Gasteiger partial charge >= 0.3 is 0 Å². The van der Waals surface area contributed by atoms with Gasteiger partial charge < -0.3 is 89.9 Å². The fraction of sp³-hybridized carbons (Fsp3) is 0.960. The molecule has 0 bridgehead atoms. The Bertz CT molecular complexity index is 1750. The third-order valence-corrected chi connectivity index (χ3v) is 19.8. The molecule has 19 heteroatoms. The molecule has 3 fully saturated rings. The van der Waals surface area contributed by atoms with Gasteiger partial charge in [0.25, 0.3) is 0 Å². The molecule has 3 heterocycles. The number of aliphatic hydroxyl groups excluding tert-OH is 11. The van der Waals surface area contributed by atoms with Crippen molar-refractivity contribution >= 4 is 5.91 Å². The molecule has 0 radical (unpaired) electrons. The predicted octanol–water partition coefficient (Wildman–Crippen LogP) is 12.0. The van der Waals surface area contributed by atoms with E-state index in [1.807, 2.05) is 0 Å². The number of rotatable bonds is 62. The van der Waals surface area contributed by atoms with Gasteiger partial charge in [0.1, 0.15) is 73.2 Å². The van der Waals surface area contributed by atoms with Crippen molar-refractivity contribution in [2.45, 2.75) is 433 Å². The van der Waals surface area contributed by atoms with Gasteiger partial charge in [-0.2, -0.15) is 0 Å². The molecule has 3 aliphatic heterocycles. The Morgan fingerprint density at radius 3 is 1.03 bits per heavy atom. The van der Waals surface area contributed by atoms with Gasteiger partial charge in [-0.05, 0) is 38.5 Å². The Hall–Kier alpha value is -1.47. The third-order valence-electron chi connectivity index (χ3n) is 19.8. The average molecular weight is 1350 g/mol. The number of allylic oxidation sites excluding steroid dienone is 2. The Labute approximate surface area is 569 Å². The Balaban J connectivity index is 1.31. The lowest BCUT2D eigenvalue weighted by Crippen LogP contribution is -2.66. The van der Waals surface area contributed by atoms with Gasteiger partial charge in [-0.15, -0.1) is 0 Å². The van der Waals surface area contributed by atoms with E-state index in [-0.39, 0.29) is 18.9 Å². The first-order valence-corrected chi connectivity index (χ1v) is 38.9. The standard InChI is InChI=1S/C75H143NO18/c1-3-5-7-9-11-13-15-17-19-20-21-22-23-24-25-26-27-28-29-30-31-32-33-34-35-36-37-38-39-41-43-45-47-49-51-53-63(81)76-58(59(80)52-50-48-46-44-42-40-18-16-14-12-10-8-6-4-2)57-89-73-69(87)66(84)71(61(55-78)91-73)94-75-70(88)67(85)72(62(56-79)92-75)93-74-68(86)65(83)64(82)60(54-77)90-74/h20-21,58-62,64-75,77-80,82-88H,3-19,22-57H2,1-2H3,(H,76,81)/b21-20-. The van der Waals surface area contributed by atoms with E-state index < -0.39 is 124 Å². The molecule has 0 aromatic heterocycles. The van der Waals surface area contributed by atoms with Crippen LogP contribution < -0.4 is 5.32 Å². The van der Waals surface area contributed by atoms with E-state index in [0.29, 0.717) is 12.8 Å². The molecule has 17 atom stereocenters. The molecule has 94 heavy (non-hydrogen) atoms. The van der Waals surface area contributed by atoms with Crippen molar-refractivity contribution in [3.8, 4) is 0 Å². The molecule has 0 aromatic rings. The van der Waals surface area contributed by atoms with Gasteiger partial charge in [0.2, 0.25) is 5.91 Å². The first-order chi connectivity index (χ1) is 45.8. The zero-order valence-corrected chi connectivity index (χ0v) is 59.2. The second-order valence-corrected chi connectivity index (χ2v) is 28.2. The number of amides is 1. The summed E-state index contributed by atoms with van der Waals surface area (Å²) in [5.74, 6) is -0.236. The molecule has 0 aromatic carbocycles. The lowest BCUT2D eigenvalue weighted by Gasteiger charge is -2.48. The zero-order valence-electron chi connectivity index (χ0n) is 59.2. The molecule has 556 valence electrons. The minimum atomic E-state index is -1.97. The van der Waals surface area contributed by atoms with E-state index in [2.05, 4.69) is 31.3 Å².